The van der Waals surface area contributed by atoms with Crippen molar-refractivity contribution in [3.8, 4) is 11.5 Å². The van der Waals surface area contributed by atoms with Crippen LogP contribution in [0.2, 0.25) is 0 Å². The van der Waals surface area contributed by atoms with E-state index in [-0.39, 0.29) is 0 Å². The number of rotatable bonds is 8. The summed E-state index contributed by atoms with van der Waals surface area (Å²) in [6.07, 6.45) is 0. The maximum Gasteiger partial charge on any atom is 0.318 e. The molecular weight excluding hydrogens is 322 g/mol. The van der Waals surface area contributed by atoms with E-state index in [4.69, 9.17) is 15.2 Å². The van der Waals surface area contributed by atoms with Crippen LogP contribution < -0.4 is 25.8 Å². The summed E-state index contributed by atoms with van der Waals surface area (Å²) in [6.45, 7) is 0.692. The fourth-order valence-corrected chi connectivity index (χ4v) is 2.30. The summed E-state index contributed by atoms with van der Waals surface area (Å²) in [4.78, 5) is 23.1. The van der Waals surface area contributed by atoms with Crippen molar-refractivity contribution >= 4 is 11.9 Å². The predicted molar refractivity (Wildman–Crippen MR) is 93.4 cm³/mol. The fourth-order valence-electron chi connectivity index (χ4n) is 2.30. The molecule has 7 heteroatoms. The van der Waals surface area contributed by atoms with Gasteiger partial charge in [0.15, 0.2) is 11.5 Å². The van der Waals surface area contributed by atoms with E-state index in [1.165, 1.54) is 0 Å². The predicted octanol–water partition coefficient (Wildman–Crippen LogP) is 1.60. The monoisotopic (exact) mass is 343 g/mol. The average Bonchev–Trinajstić information content (AvgIpc) is 2.62. The maximum atomic E-state index is 12.2. The van der Waals surface area contributed by atoms with E-state index in [1.54, 1.807) is 31.4 Å². The molecule has 2 rings (SSSR count). The number of methoxy groups -OCH3 is 1. The molecule has 4 N–H and O–H groups in total. The van der Waals surface area contributed by atoms with E-state index in [0.717, 1.165) is 5.56 Å². The number of benzene rings is 2. The van der Waals surface area contributed by atoms with Crippen LogP contribution in [0, 0.1) is 0 Å². The van der Waals surface area contributed by atoms with Gasteiger partial charge < -0.3 is 15.2 Å². The van der Waals surface area contributed by atoms with Crippen molar-refractivity contribution in [1.82, 2.24) is 10.6 Å². The number of primary amides is 1. The standard InChI is InChI=1S/C18H21N3O4/c1-24-14-9-5-6-10-15(14)25-12-11-20-16(17(22)21-18(19)23)13-7-3-2-4-8-13/h2-10,16,20H,11-12H2,1H3,(H3,19,21,22,23)/t16-/m1/s1. The number of carbonyl (C=O) groups excluding carboxylic acids is 2. The van der Waals surface area contributed by atoms with Gasteiger partial charge in [-0.2, -0.15) is 0 Å². The van der Waals surface area contributed by atoms with Crippen LogP contribution >= 0.6 is 0 Å². The van der Waals surface area contributed by atoms with Gasteiger partial charge in [0.05, 0.1) is 7.11 Å². The molecule has 1 atom stereocenters. The van der Waals surface area contributed by atoms with Crippen LogP contribution in [0.25, 0.3) is 0 Å². The summed E-state index contributed by atoms with van der Waals surface area (Å²) < 4.78 is 10.9. The highest BCUT2D eigenvalue weighted by Gasteiger charge is 2.20. The molecule has 0 spiro atoms. The third-order valence-electron chi connectivity index (χ3n) is 3.42. The SMILES string of the molecule is COc1ccccc1OCCN[C@@H](C(=O)NC(N)=O)c1ccccc1. The molecule has 2 aromatic carbocycles. The van der Waals surface area contributed by atoms with Crippen LogP contribution in [0.1, 0.15) is 11.6 Å². The number of imide groups is 1. The van der Waals surface area contributed by atoms with E-state index in [1.807, 2.05) is 30.3 Å². The Morgan fingerprint density at radius 1 is 1.04 bits per heavy atom. The maximum absolute atomic E-state index is 12.2. The number of ether oxygens (including phenoxy) is 2. The Hall–Kier alpha value is -3.06. The van der Waals surface area contributed by atoms with Gasteiger partial charge in [-0.25, -0.2) is 4.79 Å². The summed E-state index contributed by atoms with van der Waals surface area (Å²) in [5.74, 6) is 0.731. The molecule has 132 valence electrons. The molecule has 2 aromatic rings. The lowest BCUT2D eigenvalue weighted by Gasteiger charge is -2.18. The molecule has 25 heavy (non-hydrogen) atoms. The van der Waals surface area contributed by atoms with Gasteiger partial charge in [-0.1, -0.05) is 42.5 Å². The number of nitrogens with one attached hydrogen (secondary N) is 2. The number of urea groups is 1. The zero-order valence-corrected chi connectivity index (χ0v) is 13.9. The van der Waals surface area contributed by atoms with Crippen LogP contribution in [0.5, 0.6) is 11.5 Å². The first kappa shape index (κ1) is 18.3. The van der Waals surface area contributed by atoms with Crippen LogP contribution in [0.15, 0.2) is 54.6 Å². The van der Waals surface area contributed by atoms with Gasteiger partial charge in [0, 0.05) is 6.54 Å². The van der Waals surface area contributed by atoms with E-state index in [2.05, 4.69) is 10.6 Å². The zero-order chi connectivity index (χ0) is 18.1. The second-order valence-corrected chi connectivity index (χ2v) is 5.15. The molecular formula is C18H21N3O4. The van der Waals surface area contributed by atoms with Gasteiger partial charge in [0.1, 0.15) is 12.6 Å². The molecule has 0 radical (unpaired) electrons. The van der Waals surface area contributed by atoms with Gasteiger partial charge in [-0.15, -0.1) is 0 Å². The first-order valence-corrected chi connectivity index (χ1v) is 7.76. The number of nitrogens with two attached hydrogens (primary N) is 1. The van der Waals surface area contributed by atoms with Crippen LogP contribution in [-0.4, -0.2) is 32.2 Å². The minimum absolute atomic E-state index is 0.313. The second-order valence-electron chi connectivity index (χ2n) is 5.15. The molecule has 0 saturated carbocycles. The Morgan fingerprint density at radius 2 is 1.68 bits per heavy atom. The van der Waals surface area contributed by atoms with Crippen LogP contribution in [0.3, 0.4) is 0 Å². The summed E-state index contributed by atoms with van der Waals surface area (Å²) in [5.41, 5.74) is 5.76. The Balaban J connectivity index is 1.95. The van der Waals surface area contributed by atoms with E-state index >= 15 is 0 Å². The fraction of sp³-hybridized carbons (Fsp3) is 0.222. The third kappa shape index (κ3) is 5.50. The normalized spacial score (nSPS) is 11.4. The van der Waals surface area contributed by atoms with Crippen molar-refractivity contribution in [2.75, 3.05) is 20.3 Å². The average molecular weight is 343 g/mol. The lowest BCUT2D eigenvalue weighted by Crippen LogP contribution is -2.43. The summed E-state index contributed by atoms with van der Waals surface area (Å²) >= 11 is 0. The summed E-state index contributed by atoms with van der Waals surface area (Å²) in [6, 6.07) is 14.7. The molecule has 0 unspecified atom stereocenters. The number of hydrogen-bond donors (Lipinski definition) is 3. The Morgan fingerprint density at radius 3 is 2.32 bits per heavy atom. The van der Waals surface area contributed by atoms with Crippen molar-refractivity contribution in [3.63, 3.8) is 0 Å². The summed E-state index contributed by atoms with van der Waals surface area (Å²) in [7, 11) is 1.57. The second kappa shape index (κ2) is 9.29. The Bertz CT molecular complexity index is 706. The largest absolute Gasteiger partial charge is 0.493 e. The number of hydrogen-bond acceptors (Lipinski definition) is 5. The summed E-state index contributed by atoms with van der Waals surface area (Å²) in [5, 5.41) is 5.16. The molecule has 0 fully saturated rings. The lowest BCUT2D eigenvalue weighted by atomic mass is 10.1. The minimum atomic E-state index is -0.891. The number of para-hydroxylation sites is 2. The van der Waals surface area contributed by atoms with Crippen molar-refractivity contribution in [1.29, 1.82) is 0 Å². The Labute approximate surface area is 146 Å². The molecule has 7 nitrogen and oxygen atoms in total. The molecule has 0 aliphatic heterocycles. The van der Waals surface area contributed by atoms with Crippen LogP contribution in [0.4, 0.5) is 4.79 Å². The third-order valence-corrected chi connectivity index (χ3v) is 3.42. The van der Waals surface area contributed by atoms with Crippen molar-refractivity contribution in [2.24, 2.45) is 5.73 Å². The van der Waals surface area contributed by atoms with E-state index in [0.29, 0.717) is 24.7 Å². The molecule has 0 heterocycles. The quantitative estimate of drug-likeness (QED) is 0.632. The zero-order valence-electron chi connectivity index (χ0n) is 13.9. The molecule has 0 saturated heterocycles. The Kier molecular flexibility index (Phi) is 6.79. The number of amides is 3. The van der Waals surface area contributed by atoms with Gasteiger partial charge in [0.25, 0.3) is 0 Å². The number of carbonyl (C=O) groups is 2. The first-order chi connectivity index (χ1) is 12.1. The molecule has 0 aliphatic rings. The highest BCUT2D eigenvalue weighted by atomic mass is 16.5. The minimum Gasteiger partial charge on any atom is -0.493 e. The highest BCUT2D eigenvalue weighted by molar-refractivity contribution is 5.96. The van der Waals surface area contributed by atoms with Gasteiger partial charge in [-0.05, 0) is 17.7 Å². The lowest BCUT2D eigenvalue weighted by molar-refractivity contribution is -0.122. The van der Waals surface area contributed by atoms with Crippen molar-refractivity contribution in [3.05, 3.63) is 60.2 Å². The van der Waals surface area contributed by atoms with Gasteiger partial charge in [0.2, 0.25) is 5.91 Å². The van der Waals surface area contributed by atoms with Crippen LogP contribution in [-0.2, 0) is 4.79 Å². The van der Waals surface area contributed by atoms with E-state index < -0.39 is 18.0 Å². The van der Waals surface area contributed by atoms with Crippen molar-refractivity contribution in [2.45, 2.75) is 6.04 Å². The molecule has 3 amide bonds. The topological polar surface area (TPSA) is 103 Å². The first-order valence-electron chi connectivity index (χ1n) is 7.76. The molecule has 0 aromatic heterocycles. The van der Waals surface area contributed by atoms with Crippen molar-refractivity contribution < 1.29 is 19.1 Å². The van der Waals surface area contributed by atoms with Gasteiger partial charge >= 0.3 is 6.03 Å². The molecule has 0 aliphatic carbocycles. The smallest absolute Gasteiger partial charge is 0.318 e. The molecule has 0 bridgehead atoms. The van der Waals surface area contributed by atoms with Gasteiger partial charge in [-0.3, -0.25) is 15.4 Å². The van der Waals surface area contributed by atoms with E-state index in [9.17, 15) is 9.59 Å². The highest BCUT2D eigenvalue weighted by Crippen LogP contribution is 2.25.